The fourth-order valence-electron chi connectivity index (χ4n) is 3.54. The van der Waals surface area contributed by atoms with E-state index in [2.05, 4.69) is 10.3 Å². The smallest absolute Gasteiger partial charge is 0.283 e. The zero-order chi connectivity index (χ0) is 24.1. The number of aliphatic imine (C=N–C) groups is 1. The molecule has 2 amide bonds. The summed E-state index contributed by atoms with van der Waals surface area (Å²) in [6.07, 6.45) is 3.30. The van der Waals surface area contributed by atoms with Crippen molar-refractivity contribution < 1.29 is 18.7 Å². The van der Waals surface area contributed by atoms with Crippen molar-refractivity contribution in [1.82, 2.24) is 5.32 Å². The second-order valence-corrected chi connectivity index (χ2v) is 8.77. The molecule has 1 N–H and O–H groups in total. The largest absolute Gasteiger partial charge is 0.497 e. The van der Waals surface area contributed by atoms with Crippen molar-refractivity contribution in [1.29, 1.82) is 0 Å². The van der Waals surface area contributed by atoms with Gasteiger partial charge in [0.15, 0.2) is 5.17 Å². The minimum atomic E-state index is -0.237. The van der Waals surface area contributed by atoms with Crippen molar-refractivity contribution in [3.05, 3.63) is 89.0 Å². The van der Waals surface area contributed by atoms with Gasteiger partial charge in [-0.3, -0.25) is 14.5 Å². The second kappa shape index (κ2) is 10.4. The lowest BCUT2D eigenvalue weighted by Crippen LogP contribution is -2.32. The maximum Gasteiger partial charge on any atom is 0.283 e. The lowest BCUT2D eigenvalue weighted by atomic mass is 10.1. The Morgan fingerprint density at radius 1 is 1.15 bits per heavy atom. The lowest BCUT2D eigenvalue weighted by Gasteiger charge is -2.19. The average Bonchev–Trinajstić information content (AvgIpc) is 3.44. The Bertz CT molecular complexity index is 1230. The number of thioether (sulfide) groups is 1. The summed E-state index contributed by atoms with van der Waals surface area (Å²) in [6.45, 7) is 4.27. The van der Waals surface area contributed by atoms with Gasteiger partial charge in [0.25, 0.3) is 5.91 Å². The molecule has 1 aliphatic heterocycles. The molecule has 174 valence electrons. The maximum absolute atomic E-state index is 13.4. The Morgan fingerprint density at radius 3 is 2.53 bits per heavy atom. The normalized spacial score (nSPS) is 14.4. The van der Waals surface area contributed by atoms with Gasteiger partial charge in [-0.2, -0.15) is 0 Å². The average molecular weight is 476 g/mol. The number of amidine groups is 1. The van der Waals surface area contributed by atoms with Crippen molar-refractivity contribution >= 4 is 40.5 Å². The Balaban J connectivity index is 1.56. The zero-order valence-corrected chi connectivity index (χ0v) is 20.0. The predicted molar refractivity (Wildman–Crippen MR) is 135 cm³/mol. The minimum absolute atomic E-state index is 0.115. The number of nitrogens with one attached hydrogen (secondary N) is 1. The number of furan rings is 1. The van der Waals surface area contributed by atoms with Crippen molar-refractivity contribution in [3.63, 3.8) is 0 Å². The summed E-state index contributed by atoms with van der Waals surface area (Å²) in [7, 11) is 1.61. The molecule has 0 bridgehead atoms. The summed E-state index contributed by atoms with van der Waals surface area (Å²) in [6, 6.07) is 16.9. The third-order valence-electron chi connectivity index (χ3n) is 5.09. The topological polar surface area (TPSA) is 84.1 Å². The van der Waals surface area contributed by atoms with Gasteiger partial charge in [-0.15, -0.1) is 0 Å². The monoisotopic (exact) mass is 475 g/mol. The highest BCUT2D eigenvalue weighted by Crippen LogP contribution is 2.31. The van der Waals surface area contributed by atoms with Crippen LogP contribution in [0.25, 0.3) is 6.08 Å². The number of methoxy groups -OCH3 is 1. The van der Waals surface area contributed by atoms with Crippen LogP contribution in [0.15, 0.2) is 76.0 Å². The number of benzene rings is 2. The van der Waals surface area contributed by atoms with Crippen molar-refractivity contribution in [2.24, 2.45) is 4.99 Å². The van der Waals surface area contributed by atoms with Crippen LogP contribution in [-0.4, -0.2) is 29.8 Å². The summed E-state index contributed by atoms with van der Waals surface area (Å²) in [5, 5.41) is 3.28. The molecule has 0 aliphatic carbocycles. The van der Waals surface area contributed by atoms with E-state index in [1.165, 1.54) is 11.8 Å². The summed E-state index contributed by atoms with van der Waals surface area (Å²) in [5.74, 6) is 1.11. The minimum Gasteiger partial charge on any atom is -0.497 e. The molecule has 0 radical (unpaired) electrons. The molecular formula is C26H25N3O4S. The van der Waals surface area contributed by atoms with Crippen molar-refractivity contribution in [2.45, 2.75) is 20.4 Å². The van der Waals surface area contributed by atoms with E-state index in [0.29, 0.717) is 23.2 Å². The van der Waals surface area contributed by atoms with Crippen LogP contribution in [0.1, 0.15) is 22.5 Å². The van der Waals surface area contributed by atoms with Gasteiger partial charge in [0.2, 0.25) is 5.91 Å². The molecule has 1 aromatic heterocycles. The van der Waals surface area contributed by atoms with Crippen LogP contribution in [0.5, 0.6) is 5.75 Å². The molecule has 8 heteroatoms. The van der Waals surface area contributed by atoms with E-state index in [4.69, 9.17) is 9.15 Å². The van der Waals surface area contributed by atoms with Crippen LogP contribution in [-0.2, 0) is 16.1 Å². The molecule has 2 aromatic carbocycles. The molecule has 0 spiro atoms. The van der Waals surface area contributed by atoms with Crippen LogP contribution >= 0.6 is 11.8 Å². The van der Waals surface area contributed by atoms with Crippen molar-refractivity contribution in [3.8, 4) is 5.75 Å². The van der Waals surface area contributed by atoms with Gasteiger partial charge in [0.1, 0.15) is 17.2 Å². The van der Waals surface area contributed by atoms with E-state index in [1.54, 1.807) is 36.5 Å². The molecule has 0 atom stereocenters. The van der Waals surface area contributed by atoms with E-state index in [9.17, 15) is 9.59 Å². The van der Waals surface area contributed by atoms with Gasteiger partial charge in [-0.1, -0.05) is 30.0 Å². The third kappa shape index (κ3) is 5.58. The Hall–Kier alpha value is -3.78. The number of hydrogen-bond donors (Lipinski definition) is 1. The Labute approximate surface area is 202 Å². The number of ether oxygens (including phenoxy) is 1. The molecule has 0 saturated heterocycles. The molecule has 0 unspecified atom stereocenters. The lowest BCUT2D eigenvalue weighted by molar-refractivity contribution is -0.118. The maximum atomic E-state index is 13.4. The highest BCUT2D eigenvalue weighted by atomic mass is 32.2. The first-order valence-electron chi connectivity index (χ1n) is 10.7. The highest BCUT2D eigenvalue weighted by Gasteiger charge is 2.32. The van der Waals surface area contributed by atoms with E-state index >= 15 is 0 Å². The number of carbonyl (C=O) groups excluding carboxylic acids is 2. The van der Waals surface area contributed by atoms with E-state index < -0.39 is 0 Å². The van der Waals surface area contributed by atoms with E-state index in [0.717, 1.165) is 28.1 Å². The first-order valence-corrected chi connectivity index (χ1v) is 11.7. The summed E-state index contributed by atoms with van der Waals surface area (Å²) in [5.41, 5.74) is 3.94. The first-order chi connectivity index (χ1) is 16.4. The zero-order valence-electron chi connectivity index (χ0n) is 19.2. The number of aryl methyl sites for hydroxylation is 2. The molecular weight excluding hydrogens is 450 g/mol. The number of hydrogen-bond acceptors (Lipinski definition) is 6. The molecule has 7 nitrogen and oxygen atoms in total. The van der Waals surface area contributed by atoms with Crippen LogP contribution in [0, 0.1) is 13.8 Å². The van der Waals surface area contributed by atoms with Crippen LogP contribution < -0.4 is 15.0 Å². The molecule has 4 rings (SSSR count). The molecule has 0 fully saturated rings. The van der Waals surface area contributed by atoms with E-state index in [1.807, 2.05) is 56.3 Å². The molecule has 2 heterocycles. The third-order valence-corrected chi connectivity index (χ3v) is 6.02. The number of carbonyl (C=O) groups is 2. The highest BCUT2D eigenvalue weighted by molar-refractivity contribution is 8.14. The molecule has 34 heavy (non-hydrogen) atoms. The van der Waals surface area contributed by atoms with Crippen LogP contribution in [0.3, 0.4) is 0 Å². The molecule has 1 aliphatic rings. The standard InChI is InChI=1S/C26H25N3O4S/c1-17-11-18(2)13-20(12-17)29-25(31)23(14-19-6-8-21(32-3)9-7-19)28-26(29)34-16-24(30)27-15-22-5-4-10-33-22/h4-14H,15-16H2,1-3H3,(H,27,30). The number of amides is 2. The first kappa shape index (κ1) is 23.4. The van der Waals surface area contributed by atoms with Crippen LogP contribution in [0.4, 0.5) is 5.69 Å². The predicted octanol–water partition coefficient (Wildman–Crippen LogP) is 4.70. The van der Waals surface area contributed by atoms with Gasteiger partial charge >= 0.3 is 0 Å². The number of anilines is 1. The van der Waals surface area contributed by atoms with E-state index in [-0.39, 0.29) is 17.6 Å². The summed E-state index contributed by atoms with van der Waals surface area (Å²) < 4.78 is 10.4. The SMILES string of the molecule is COc1ccc(C=C2N=C(SCC(=O)NCc3ccco3)N(c3cc(C)cc(C)c3)C2=O)cc1. The van der Waals surface area contributed by atoms with Gasteiger partial charge in [0.05, 0.1) is 31.4 Å². The number of rotatable bonds is 7. The second-order valence-electron chi connectivity index (χ2n) is 7.83. The number of nitrogens with zero attached hydrogens (tertiary/aromatic N) is 2. The fourth-order valence-corrected chi connectivity index (χ4v) is 4.38. The summed E-state index contributed by atoms with van der Waals surface area (Å²) in [4.78, 5) is 31.9. The Kier molecular flexibility index (Phi) is 7.18. The van der Waals surface area contributed by atoms with Gasteiger partial charge in [-0.05, 0) is 73.0 Å². The van der Waals surface area contributed by atoms with Crippen LogP contribution in [0.2, 0.25) is 0 Å². The molecule has 3 aromatic rings. The summed E-state index contributed by atoms with van der Waals surface area (Å²) >= 11 is 1.22. The van der Waals surface area contributed by atoms with Gasteiger partial charge in [-0.25, -0.2) is 4.99 Å². The quantitative estimate of drug-likeness (QED) is 0.501. The van der Waals surface area contributed by atoms with Gasteiger partial charge in [0, 0.05) is 0 Å². The van der Waals surface area contributed by atoms with Gasteiger partial charge < -0.3 is 14.5 Å². The van der Waals surface area contributed by atoms with Crippen molar-refractivity contribution in [2.75, 3.05) is 17.8 Å². The molecule has 0 saturated carbocycles. The fraction of sp³-hybridized carbons (Fsp3) is 0.192. The Morgan fingerprint density at radius 2 is 1.88 bits per heavy atom.